The summed E-state index contributed by atoms with van der Waals surface area (Å²) < 4.78 is 46.3. The molecule has 0 saturated heterocycles. The summed E-state index contributed by atoms with van der Waals surface area (Å²) in [6.07, 6.45) is -4.45. The van der Waals surface area contributed by atoms with Gasteiger partial charge in [-0.1, -0.05) is 6.58 Å². The van der Waals surface area contributed by atoms with E-state index in [1.165, 1.54) is 0 Å². The quantitative estimate of drug-likeness (QED) is 0.336. The van der Waals surface area contributed by atoms with Crippen molar-refractivity contribution in [1.29, 1.82) is 0 Å². The summed E-state index contributed by atoms with van der Waals surface area (Å²) in [5, 5.41) is 0. The van der Waals surface area contributed by atoms with Crippen LogP contribution in [0.1, 0.15) is 6.42 Å². The molecule has 62 valence electrons. The lowest BCUT2D eigenvalue weighted by Gasteiger charge is -1.99. The van der Waals surface area contributed by atoms with Gasteiger partial charge in [-0.2, -0.15) is 13.2 Å². The minimum absolute atomic E-state index is 0.429. The Kier molecular flexibility index (Phi) is 3.61. The third-order valence-electron chi connectivity index (χ3n) is 0.768. The topological polar surface area (TPSA) is 0 Å². The van der Waals surface area contributed by atoms with Crippen LogP contribution in [0.15, 0.2) is 30.3 Å². The largest absolute Gasteiger partial charge is 0.392 e. The molecular weight excluding hydrogens is 160 g/mol. The highest BCUT2D eigenvalue weighted by molar-refractivity contribution is 5.09. The molecule has 0 heterocycles. The number of allylic oxidation sites excluding steroid dienone is 3. The summed E-state index contributed by atoms with van der Waals surface area (Å²) in [5.41, 5.74) is 2.02. The molecule has 0 rings (SSSR count). The van der Waals surface area contributed by atoms with Gasteiger partial charge in [0.25, 0.3) is 0 Å². The average molecular weight is 166 g/mol. The van der Waals surface area contributed by atoms with Gasteiger partial charge in [0, 0.05) is 6.08 Å². The fourth-order valence-corrected chi connectivity index (χ4v) is 0.370. The number of hydrogen-bond acceptors (Lipinski definition) is 0. The van der Waals surface area contributed by atoms with E-state index >= 15 is 0 Å². The van der Waals surface area contributed by atoms with Gasteiger partial charge >= 0.3 is 6.18 Å². The predicted molar refractivity (Wildman–Crippen MR) is 33.6 cm³/mol. The first-order chi connectivity index (χ1) is 4.95. The third-order valence-corrected chi connectivity index (χ3v) is 0.768. The maximum absolute atomic E-state index is 12.1. The van der Waals surface area contributed by atoms with Gasteiger partial charge < -0.3 is 0 Å². The highest BCUT2D eigenvalue weighted by atomic mass is 19.4. The Labute approximate surface area is 61.5 Å². The van der Waals surface area contributed by atoms with Crippen molar-refractivity contribution in [1.82, 2.24) is 0 Å². The fraction of sp³-hybridized carbons (Fsp3) is 0.286. The van der Waals surface area contributed by atoms with Crippen LogP contribution in [0.25, 0.3) is 0 Å². The molecule has 4 heteroatoms. The van der Waals surface area contributed by atoms with Crippen LogP contribution >= 0.6 is 0 Å². The van der Waals surface area contributed by atoms with Crippen LogP contribution in [0.5, 0.6) is 0 Å². The van der Waals surface area contributed by atoms with Crippen molar-refractivity contribution in [2.24, 2.45) is 0 Å². The van der Waals surface area contributed by atoms with E-state index in [9.17, 15) is 17.6 Å². The van der Waals surface area contributed by atoms with Crippen molar-refractivity contribution < 1.29 is 17.6 Å². The van der Waals surface area contributed by atoms with E-state index in [0.29, 0.717) is 6.08 Å². The van der Waals surface area contributed by atoms with Gasteiger partial charge in [0.1, 0.15) is 5.83 Å². The van der Waals surface area contributed by atoms with Crippen LogP contribution in [-0.4, -0.2) is 6.18 Å². The number of hydrogen-bond donors (Lipinski definition) is 0. The summed E-state index contributed by atoms with van der Waals surface area (Å²) in [6, 6.07) is 0. The molecule has 0 aliphatic carbocycles. The standard InChI is InChI=1S/C7H6F4/c1-2-3-6(8)4-5-7(9,10)11/h3-4H,1,5H2. The van der Waals surface area contributed by atoms with Gasteiger partial charge in [-0.3, -0.25) is 0 Å². The lowest BCUT2D eigenvalue weighted by atomic mass is 10.3. The molecule has 0 amide bonds. The van der Waals surface area contributed by atoms with Crippen LogP contribution in [-0.2, 0) is 0 Å². The number of halogens is 4. The molecule has 0 radical (unpaired) electrons. The minimum atomic E-state index is -4.35. The Morgan fingerprint density at radius 3 is 2.36 bits per heavy atom. The summed E-state index contributed by atoms with van der Waals surface area (Å²) >= 11 is 0. The van der Waals surface area contributed by atoms with E-state index in [-0.39, 0.29) is 0 Å². The summed E-state index contributed by atoms with van der Waals surface area (Å²) in [4.78, 5) is 0. The second kappa shape index (κ2) is 3.98. The summed E-state index contributed by atoms with van der Waals surface area (Å²) in [6.45, 7) is 3.00. The van der Waals surface area contributed by atoms with Crippen molar-refractivity contribution in [2.45, 2.75) is 12.6 Å². The first-order valence-electron chi connectivity index (χ1n) is 2.74. The van der Waals surface area contributed by atoms with Gasteiger partial charge in [0.05, 0.1) is 6.42 Å². The zero-order valence-electron chi connectivity index (χ0n) is 5.58. The molecule has 0 bridgehead atoms. The van der Waals surface area contributed by atoms with E-state index in [2.05, 4.69) is 6.58 Å². The summed E-state index contributed by atoms with van der Waals surface area (Å²) in [7, 11) is 0. The molecule has 0 atom stereocenters. The van der Waals surface area contributed by atoms with E-state index in [1.54, 1.807) is 0 Å². The highest BCUT2D eigenvalue weighted by Gasteiger charge is 2.25. The molecule has 0 aromatic carbocycles. The molecule has 0 aliphatic heterocycles. The molecular formula is C7H6F4. The number of alkyl halides is 3. The number of rotatable bonds is 2. The van der Waals surface area contributed by atoms with Crippen LogP contribution in [0.3, 0.4) is 0 Å². The normalized spacial score (nSPS) is 12.5. The van der Waals surface area contributed by atoms with E-state index in [0.717, 1.165) is 6.08 Å². The lowest BCUT2D eigenvalue weighted by Crippen LogP contribution is -2.04. The van der Waals surface area contributed by atoms with Crippen LogP contribution in [0.4, 0.5) is 17.6 Å². The molecule has 0 fully saturated rings. The highest BCUT2D eigenvalue weighted by Crippen LogP contribution is 2.20. The SMILES string of the molecule is C=C=CC(F)=CCC(F)(F)F. The van der Waals surface area contributed by atoms with Gasteiger partial charge in [-0.05, 0) is 6.08 Å². The lowest BCUT2D eigenvalue weighted by molar-refractivity contribution is -0.125. The maximum atomic E-state index is 12.1. The van der Waals surface area contributed by atoms with Crippen molar-refractivity contribution >= 4 is 0 Å². The Morgan fingerprint density at radius 1 is 1.45 bits per heavy atom. The second-order valence-electron chi connectivity index (χ2n) is 1.76. The third kappa shape index (κ3) is 6.87. The van der Waals surface area contributed by atoms with Gasteiger partial charge in [0.15, 0.2) is 0 Å². The summed E-state index contributed by atoms with van der Waals surface area (Å²) in [5.74, 6) is -0.975. The molecule has 0 aromatic rings. The van der Waals surface area contributed by atoms with Gasteiger partial charge in [-0.15, -0.1) is 5.73 Å². The van der Waals surface area contributed by atoms with Crippen LogP contribution in [0.2, 0.25) is 0 Å². The smallest absolute Gasteiger partial charge is 0.207 e. The fourth-order valence-electron chi connectivity index (χ4n) is 0.370. The van der Waals surface area contributed by atoms with Gasteiger partial charge in [-0.25, -0.2) is 4.39 Å². The predicted octanol–water partition coefficient (Wildman–Crippen LogP) is 3.13. The Morgan fingerprint density at radius 2 is 2.00 bits per heavy atom. The second-order valence-corrected chi connectivity index (χ2v) is 1.76. The monoisotopic (exact) mass is 166 g/mol. The first kappa shape index (κ1) is 9.98. The molecule has 11 heavy (non-hydrogen) atoms. The van der Waals surface area contributed by atoms with Crippen LogP contribution < -0.4 is 0 Å². The molecule has 0 spiro atoms. The van der Waals surface area contributed by atoms with Crippen molar-refractivity contribution in [3.8, 4) is 0 Å². The molecule has 0 N–H and O–H groups in total. The van der Waals surface area contributed by atoms with E-state index < -0.39 is 18.4 Å². The van der Waals surface area contributed by atoms with Gasteiger partial charge in [0.2, 0.25) is 0 Å². The first-order valence-corrected chi connectivity index (χ1v) is 2.74. The Balaban J connectivity index is 4.03. The Bertz CT molecular complexity index is 193. The molecule has 0 saturated carbocycles. The van der Waals surface area contributed by atoms with Crippen molar-refractivity contribution in [3.63, 3.8) is 0 Å². The van der Waals surface area contributed by atoms with E-state index in [4.69, 9.17) is 0 Å². The average Bonchev–Trinajstić information content (AvgIpc) is 1.83. The molecule has 0 unspecified atom stereocenters. The molecule has 0 nitrogen and oxygen atoms in total. The van der Waals surface area contributed by atoms with Crippen molar-refractivity contribution in [3.05, 3.63) is 30.3 Å². The maximum Gasteiger partial charge on any atom is 0.392 e. The molecule has 0 aliphatic rings. The van der Waals surface area contributed by atoms with E-state index in [1.807, 2.05) is 5.73 Å². The van der Waals surface area contributed by atoms with Crippen LogP contribution in [0, 0.1) is 0 Å². The van der Waals surface area contributed by atoms with Crippen molar-refractivity contribution in [2.75, 3.05) is 0 Å². The molecule has 0 aromatic heterocycles. The zero-order valence-corrected chi connectivity index (χ0v) is 5.58. The Hall–Kier alpha value is -1.02. The minimum Gasteiger partial charge on any atom is -0.207 e. The zero-order chi connectivity index (χ0) is 8.91.